The SMILES string of the molecule is C/C(=C\Cl)COc1ccc(CNC(C)C)cc1[N+](=O)[O-]. The first kappa shape index (κ1) is 16.5. The van der Waals surface area contributed by atoms with Crippen LogP contribution in [0.15, 0.2) is 29.3 Å². The van der Waals surface area contributed by atoms with Gasteiger partial charge in [0.1, 0.15) is 6.61 Å². The Morgan fingerprint density at radius 2 is 2.25 bits per heavy atom. The maximum absolute atomic E-state index is 11.1. The molecule has 20 heavy (non-hydrogen) atoms. The predicted octanol–water partition coefficient (Wildman–Crippen LogP) is 3.61. The van der Waals surface area contributed by atoms with E-state index in [1.807, 2.05) is 19.9 Å². The van der Waals surface area contributed by atoms with Crippen molar-refractivity contribution >= 4 is 17.3 Å². The molecule has 0 fully saturated rings. The lowest BCUT2D eigenvalue weighted by molar-refractivity contribution is -0.385. The topological polar surface area (TPSA) is 64.4 Å². The van der Waals surface area contributed by atoms with Gasteiger partial charge in [-0.25, -0.2) is 0 Å². The number of rotatable bonds is 7. The normalized spacial score (nSPS) is 11.8. The zero-order valence-corrected chi connectivity index (χ0v) is 12.6. The minimum absolute atomic E-state index is 0.0320. The molecular formula is C14H19ClN2O3. The number of nitro groups is 1. The fourth-order valence-electron chi connectivity index (χ4n) is 1.48. The fourth-order valence-corrected chi connectivity index (χ4v) is 1.55. The molecule has 0 heterocycles. The lowest BCUT2D eigenvalue weighted by Gasteiger charge is -2.10. The Morgan fingerprint density at radius 1 is 1.55 bits per heavy atom. The highest BCUT2D eigenvalue weighted by atomic mass is 35.5. The summed E-state index contributed by atoms with van der Waals surface area (Å²) in [6.45, 7) is 6.65. The molecule has 1 N–H and O–H groups in total. The molecule has 0 saturated carbocycles. The molecule has 6 heteroatoms. The predicted molar refractivity (Wildman–Crippen MR) is 80.2 cm³/mol. The quantitative estimate of drug-likeness (QED) is 0.617. The van der Waals surface area contributed by atoms with E-state index in [0.717, 1.165) is 11.1 Å². The molecule has 0 atom stereocenters. The Kier molecular flexibility index (Phi) is 6.48. The van der Waals surface area contributed by atoms with E-state index in [-0.39, 0.29) is 18.0 Å². The van der Waals surface area contributed by atoms with Crippen molar-refractivity contribution in [2.24, 2.45) is 0 Å². The summed E-state index contributed by atoms with van der Waals surface area (Å²) < 4.78 is 5.42. The van der Waals surface area contributed by atoms with Gasteiger partial charge in [-0.15, -0.1) is 0 Å². The average Bonchev–Trinajstić information content (AvgIpc) is 2.42. The highest BCUT2D eigenvalue weighted by Crippen LogP contribution is 2.28. The van der Waals surface area contributed by atoms with Gasteiger partial charge in [0.15, 0.2) is 5.75 Å². The van der Waals surface area contributed by atoms with E-state index in [1.165, 1.54) is 11.6 Å². The molecule has 110 valence electrons. The smallest absolute Gasteiger partial charge is 0.311 e. The summed E-state index contributed by atoms with van der Waals surface area (Å²) in [5.74, 6) is 0.251. The third-order valence-corrected chi connectivity index (χ3v) is 2.95. The Balaban J connectivity index is 2.87. The summed E-state index contributed by atoms with van der Waals surface area (Å²) in [7, 11) is 0. The van der Waals surface area contributed by atoms with Crippen LogP contribution in [-0.4, -0.2) is 17.6 Å². The summed E-state index contributed by atoms with van der Waals surface area (Å²) >= 11 is 5.53. The van der Waals surface area contributed by atoms with Crippen molar-refractivity contribution in [1.82, 2.24) is 5.32 Å². The standard InChI is InChI=1S/C14H19ClN2O3/c1-10(2)16-8-12-4-5-14(13(6-12)17(18)19)20-9-11(3)7-15/h4-7,10,16H,8-9H2,1-3H3/b11-7+. The van der Waals surface area contributed by atoms with Gasteiger partial charge in [0.05, 0.1) is 4.92 Å². The van der Waals surface area contributed by atoms with Gasteiger partial charge in [-0.3, -0.25) is 10.1 Å². The summed E-state index contributed by atoms with van der Waals surface area (Å²) in [6.07, 6.45) is 0. The zero-order chi connectivity index (χ0) is 15.1. The van der Waals surface area contributed by atoms with Crippen LogP contribution in [-0.2, 0) is 6.54 Å². The molecule has 0 saturated heterocycles. The van der Waals surface area contributed by atoms with Crippen molar-refractivity contribution in [1.29, 1.82) is 0 Å². The molecule has 1 aromatic rings. The molecule has 1 aromatic carbocycles. The van der Waals surface area contributed by atoms with E-state index >= 15 is 0 Å². The molecular weight excluding hydrogens is 280 g/mol. The van der Waals surface area contributed by atoms with Crippen LogP contribution in [0.25, 0.3) is 0 Å². The molecule has 0 spiro atoms. The summed E-state index contributed by atoms with van der Waals surface area (Å²) in [6, 6.07) is 5.29. The Morgan fingerprint density at radius 3 is 2.80 bits per heavy atom. The summed E-state index contributed by atoms with van der Waals surface area (Å²) in [5.41, 5.74) is 3.01. The Bertz CT molecular complexity index is 501. The van der Waals surface area contributed by atoms with Gasteiger partial charge >= 0.3 is 5.69 Å². The lowest BCUT2D eigenvalue weighted by atomic mass is 10.1. The zero-order valence-electron chi connectivity index (χ0n) is 11.9. The number of ether oxygens (including phenoxy) is 1. The Hall–Kier alpha value is -1.59. The molecule has 0 aromatic heterocycles. The molecule has 0 unspecified atom stereocenters. The van der Waals surface area contributed by atoms with Gasteiger partial charge < -0.3 is 10.1 Å². The second kappa shape index (κ2) is 7.87. The average molecular weight is 299 g/mol. The summed E-state index contributed by atoms with van der Waals surface area (Å²) in [4.78, 5) is 10.7. The van der Waals surface area contributed by atoms with Crippen LogP contribution in [0.2, 0.25) is 0 Å². The van der Waals surface area contributed by atoms with Crippen molar-refractivity contribution in [2.75, 3.05) is 6.61 Å². The summed E-state index contributed by atoms with van der Waals surface area (Å²) in [5, 5.41) is 14.3. The highest BCUT2D eigenvalue weighted by molar-refractivity contribution is 6.25. The molecule has 0 aliphatic carbocycles. The molecule has 0 amide bonds. The van der Waals surface area contributed by atoms with Gasteiger partial charge in [0, 0.05) is 24.2 Å². The second-order valence-corrected chi connectivity index (χ2v) is 5.06. The molecule has 0 radical (unpaired) electrons. The highest BCUT2D eigenvalue weighted by Gasteiger charge is 2.16. The van der Waals surface area contributed by atoms with Crippen LogP contribution >= 0.6 is 11.6 Å². The van der Waals surface area contributed by atoms with Crippen LogP contribution in [0.3, 0.4) is 0 Å². The maximum atomic E-state index is 11.1. The largest absolute Gasteiger partial charge is 0.482 e. The number of benzene rings is 1. The monoisotopic (exact) mass is 298 g/mol. The van der Waals surface area contributed by atoms with Crippen LogP contribution in [0.5, 0.6) is 5.75 Å². The lowest BCUT2D eigenvalue weighted by Crippen LogP contribution is -2.21. The van der Waals surface area contributed by atoms with Gasteiger partial charge in [0.2, 0.25) is 0 Å². The number of hydrogen-bond donors (Lipinski definition) is 1. The minimum atomic E-state index is -0.437. The number of nitrogens with zero attached hydrogens (tertiary/aromatic N) is 1. The van der Waals surface area contributed by atoms with Crippen LogP contribution < -0.4 is 10.1 Å². The van der Waals surface area contributed by atoms with E-state index in [1.54, 1.807) is 13.0 Å². The fraction of sp³-hybridized carbons (Fsp3) is 0.429. The first-order valence-corrected chi connectivity index (χ1v) is 6.77. The molecule has 1 rings (SSSR count). The van der Waals surface area contributed by atoms with E-state index in [0.29, 0.717) is 12.6 Å². The van der Waals surface area contributed by atoms with Crippen molar-refractivity contribution in [3.05, 3.63) is 45.0 Å². The van der Waals surface area contributed by atoms with Crippen molar-refractivity contribution in [2.45, 2.75) is 33.4 Å². The molecule has 5 nitrogen and oxygen atoms in total. The van der Waals surface area contributed by atoms with Crippen LogP contribution in [0, 0.1) is 10.1 Å². The van der Waals surface area contributed by atoms with E-state index in [9.17, 15) is 10.1 Å². The van der Waals surface area contributed by atoms with Gasteiger partial charge in [0.25, 0.3) is 0 Å². The van der Waals surface area contributed by atoms with Crippen molar-refractivity contribution < 1.29 is 9.66 Å². The van der Waals surface area contributed by atoms with Crippen molar-refractivity contribution in [3.8, 4) is 5.75 Å². The van der Waals surface area contributed by atoms with E-state index < -0.39 is 4.92 Å². The van der Waals surface area contributed by atoms with Gasteiger partial charge in [-0.1, -0.05) is 31.5 Å². The van der Waals surface area contributed by atoms with Gasteiger partial charge in [-0.2, -0.15) is 0 Å². The molecule has 0 aliphatic rings. The minimum Gasteiger partial charge on any atom is -0.482 e. The molecule has 0 aliphatic heterocycles. The number of nitro benzene ring substituents is 1. The first-order valence-electron chi connectivity index (χ1n) is 6.33. The first-order chi connectivity index (χ1) is 9.43. The van der Waals surface area contributed by atoms with Gasteiger partial charge in [-0.05, 0) is 24.1 Å². The van der Waals surface area contributed by atoms with Crippen LogP contribution in [0.4, 0.5) is 5.69 Å². The third-order valence-electron chi connectivity index (χ3n) is 2.58. The van der Waals surface area contributed by atoms with Crippen molar-refractivity contribution in [3.63, 3.8) is 0 Å². The number of halogens is 1. The number of hydrogen-bond acceptors (Lipinski definition) is 4. The second-order valence-electron chi connectivity index (χ2n) is 4.84. The third kappa shape index (κ3) is 5.19. The molecule has 0 bridgehead atoms. The Labute approximate surface area is 123 Å². The van der Waals surface area contributed by atoms with E-state index in [4.69, 9.17) is 16.3 Å². The van der Waals surface area contributed by atoms with E-state index in [2.05, 4.69) is 5.32 Å². The maximum Gasteiger partial charge on any atom is 0.311 e. The van der Waals surface area contributed by atoms with Crippen LogP contribution in [0.1, 0.15) is 26.3 Å². The number of nitrogens with one attached hydrogen (secondary N) is 1.